The Morgan fingerprint density at radius 2 is 2.14 bits per heavy atom. The Labute approximate surface area is 166 Å². The Morgan fingerprint density at radius 3 is 2.82 bits per heavy atom. The van der Waals surface area contributed by atoms with Crippen molar-refractivity contribution in [2.75, 3.05) is 5.32 Å². The molecule has 9 heteroatoms. The van der Waals surface area contributed by atoms with Crippen LogP contribution < -0.4 is 10.6 Å². The average molecular weight is 393 g/mol. The van der Waals surface area contributed by atoms with Crippen molar-refractivity contribution in [3.63, 3.8) is 0 Å². The molecule has 1 amide bonds. The monoisotopic (exact) mass is 393 g/mol. The smallest absolute Gasteiger partial charge is 0.247 e. The number of anilines is 1. The van der Waals surface area contributed by atoms with Gasteiger partial charge < -0.3 is 10.6 Å². The number of nitrogens with one attached hydrogen (secondary N) is 2. The van der Waals surface area contributed by atoms with Gasteiger partial charge in [0.05, 0.1) is 27.8 Å². The highest BCUT2D eigenvalue weighted by Crippen LogP contribution is 2.25. The number of aliphatic imine (C=N–C) groups is 1. The van der Waals surface area contributed by atoms with E-state index in [1.54, 1.807) is 34.5 Å². The lowest BCUT2D eigenvalue weighted by Crippen LogP contribution is -2.24. The Bertz CT molecular complexity index is 1050. The van der Waals surface area contributed by atoms with Gasteiger partial charge in [0.1, 0.15) is 12.4 Å². The summed E-state index contributed by atoms with van der Waals surface area (Å²) in [5.41, 5.74) is 2.64. The van der Waals surface area contributed by atoms with Gasteiger partial charge in [0.15, 0.2) is 0 Å². The van der Waals surface area contributed by atoms with E-state index in [0.717, 1.165) is 26.7 Å². The molecular formula is C19H19N7OS. The third-order valence-corrected chi connectivity index (χ3v) is 5.05. The molecule has 0 aromatic carbocycles. The predicted octanol–water partition coefficient (Wildman–Crippen LogP) is 2.71. The van der Waals surface area contributed by atoms with Crippen LogP contribution in [0.5, 0.6) is 0 Å². The molecule has 1 unspecified atom stereocenters. The molecule has 28 heavy (non-hydrogen) atoms. The van der Waals surface area contributed by atoms with Gasteiger partial charge in [0, 0.05) is 42.1 Å². The first kappa shape index (κ1) is 18.1. The van der Waals surface area contributed by atoms with Crippen LogP contribution in [0.4, 0.5) is 5.82 Å². The first-order valence-corrected chi connectivity index (χ1v) is 9.60. The Kier molecular flexibility index (Phi) is 4.98. The number of hydrogen-bond acceptors (Lipinski definition) is 7. The number of hydrogen-bond donors (Lipinski definition) is 2. The van der Waals surface area contributed by atoms with Gasteiger partial charge in [-0.3, -0.25) is 14.5 Å². The lowest BCUT2D eigenvalue weighted by atomic mass is 10.2. The van der Waals surface area contributed by atoms with Crippen LogP contribution in [0.15, 0.2) is 48.1 Å². The van der Waals surface area contributed by atoms with Gasteiger partial charge >= 0.3 is 0 Å². The lowest BCUT2D eigenvalue weighted by molar-refractivity contribution is -0.116. The molecule has 1 atom stereocenters. The average Bonchev–Trinajstić information content (AvgIpc) is 3.32. The first-order chi connectivity index (χ1) is 13.6. The standard InChI is InChI=1S/C19H19N7OS/c1-12-5-22-16(8-20-12)14-3-4-18(23-6-14)25-19(27)11-26-10-15(7-24-26)17-9-21-13(2)28-17/h3-10,12,20H,11H2,1-2H3,(H,23,25,27). The zero-order chi connectivity index (χ0) is 19.5. The van der Waals surface area contributed by atoms with Crippen LogP contribution in [-0.4, -0.2) is 37.9 Å². The van der Waals surface area contributed by atoms with Crippen LogP contribution in [-0.2, 0) is 11.3 Å². The number of aromatic nitrogens is 4. The molecule has 0 aliphatic carbocycles. The van der Waals surface area contributed by atoms with Crippen molar-refractivity contribution >= 4 is 35.0 Å². The summed E-state index contributed by atoms with van der Waals surface area (Å²) in [6.07, 6.45) is 10.8. The summed E-state index contributed by atoms with van der Waals surface area (Å²) in [5.74, 6) is 0.293. The molecule has 1 aliphatic heterocycles. The summed E-state index contributed by atoms with van der Waals surface area (Å²) in [6.45, 7) is 4.09. The van der Waals surface area contributed by atoms with Crippen molar-refractivity contribution in [1.82, 2.24) is 25.1 Å². The van der Waals surface area contributed by atoms with Crippen LogP contribution in [0.1, 0.15) is 17.5 Å². The number of aryl methyl sites for hydroxylation is 1. The maximum Gasteiger partial charge on any atom is 0.247 e. The van der Waals surface area contributed by atoms with Crippen molar-refractivity contribution in [2.45, 2.75) is 26.4 Å². The molecule has 0 radical (unpaired) electrons. The third kappa shape index (κ3) is 4.15. The van der Waals surface area contributed by atoms with Gasteiger partial charge in [0.2, 0.25) is 5.91 Å². The van der Waals surface area contributed by atoms with Crippen molar-refractivity contribution in [1.29, 1.82) is 0 Å². The summed E-state index contributed by atoms with van der Waals surface area (Å²) >= 11 is 1.59. The quantitative estimate of drug-likeness (QED) is 0.695. The number of pyridine rings is 1. The zero-order valence-corrected chi connectivity index (χ0v) is 16.3. The van der Waals surface area contributed by atoms with Gasteiger partial charge in [-0.15, -0.1) is 11.3 Å². The van der Waals surface area contributed by atoms with Crippen molar-refractivity contribution in [3.8, 4) is 10.4 Å². The highest BCUT2D eigenvalue weighted by Gasteiger charge is 2.10. The summed E-state index contributed by atoms with van der Waals surface area (Å²) in [5, 5.41) is 11.2. The number of rotatable bonds is 5. The van der Waals surface area contributed by atoms with Crippen LogP contribution in [0.25, 0.3) is 16.1 Å². The maximum absolute atomic E-state index is 12.3. The molecule has 0 bridgehead atoms. The number of carbonyl (C=O) groups excluding carboxylic acids is 1. The molecule has 3 aromatic rings. The minimum atomic E-state index is -0.194. The SMILES string of the molecule is Cc1ncc(-c2cnn(CC(=O)Nc3ccc(C4=CNC(C)C=N4)cn3)c2)s1. The molecule has 3 aromatic heterocycles. The van der Waals surface area contributed by atoms with E-state index in [-0.39, 0.29) is 18.5 Å². The van der Waals surface area contributed by atoms with Gasteiger partial charge in [0.25, 0.3) is 0 Å². The highest BCUT2D eigenvalue weighted by atomic mass is 32.1. The second kappa shape index (κ2) is 7.73. The van der Waals surface area contributed by atoms with Crippen LogP contribution >= 0.6 is 11.3 Å². The highest BCUT2D eigenvalue weighted by molar-refractivity contribution is 7.15. The summed E-state index contributed by atoms with van der Waals surface area (Å²) in [7, 11) is 0. The first-order valence-electron chi connectivity index (χ1n) is 8.79. The topological polar surface area (TPSA) is 97.1 Å². The summed E-state index contributed by atoms with van der Waals surface area (Å²) in [4.78, 5) is 26.2. The van der Waals surface area contributed by atoms with Crippen molar-refractivity contribution in [3.05, 3.63) is 53.7 Å². The Hall–Kier alpha value is -3.33. The molecule has 0 saturated heterocycles. The minimum absolute atomic E-state index is 0.110. The Morgan fingerprint density at radius 1 is 1.25 bits per heavy atom. The van der Waals surface area contributed by atoms with E-state index in [1.807, 2.05) is 44.7 Å². The number of amides is 1. The van der Waals surface area contributed by atoms with E-state index in [2.05, 4.69) is 30.7 Å². The number of thiazole rings is 1. The molecule has 0 spiro atoms. The van der Waals surface area contributed by atoms with Gasteiger partial charge in [-0.2, -0.15) is 5.10 Å². The van der Waals surface area contributed by atoms with E-state index in [9.17, 15) is 4.79 Å². The molecule has 2 N–H and O–H groups in total. The largest absolute Gasteiger partial charge is 0.382 e. The van der Waals surface area contributed by atoms with E-state index in [4.69, 9.17) is 0 Å². The van der Waals surface area contributed by atoms with E-state index < -0.39 is 0 Å². The zero-order valence-electron chi connectivity index (χ0n) is 15.5. The van der Waals surface area contributed by atoms with E-state index in [0.29, 0.717) is 5.82 Å². The minimum Gasteiger partial charge on any atom is -0.382 e. The number of nitrogens with zero attached hydrogens (tertiary/aromatic N) is 5. The van der Waals surface area contributed by atoms with Crippen LogP contribution in [0.3, 0.4) is 0 Å². The van der Waals surface area contributed by atoms with Crippen LogP contribution in [0, 0.1) is 6.92 Å². The molecule has 0 fully saturated rings. The lowest BCUT2D eigenvalue weighted by Gasteiger charge is -2.13. The predicted molar refractivity (Wildman–Crippen MR) is 110 cm³/mol. The maximum atomic E-state index is 12.3. The van der Waals surface area contributed by atoms with Gasteiger partial charge in [-0.05, 0) is 26.0 Å². The molecule has 0 saturated carbocycles. The fourth-order valence-electron chi connectivity index (χ4n) is 2.66. The van der Waals surface area contributed by atoms with Crippen molar-refractivity contribution < 1.29 is 4.79 Å². The second-order valence-electron chi connectivity index (χ2n) is 6.41. The molecule has 1 aliphatic rings. The van der Waals surface area contributed by atoms with Gasteiger partial charge in [-0.1, -0.05) is 0 Å². The fraction of sp³-hybridized carbons (Fsp3) is 0.211. The van der Waals surface area contributed by atoms with E-state index >= 15 is 0 Å². The van der Waals surface area contributed by atoms with Gasteiger partial charge in [-0.25, -0.2) is 9.97 Å². The third-order valence-electron chi connectivity index (χ3n) is 4.09. The second-order valence-corrected chi connectivity index (χ2v) is 7.65. The molecule has 4 heterocycles. The Balaban J connectivity index is 1.36. The normalized spacial score (nSPS) is 15.8. The fourth-order valence-corrected chi connectivity index (χ4v) is 3.41. The summed E-state index contributed by atoms with van der Waals surface area (Å²) < 4.78 is 1.60. The molecule has 142 valence electrons. The summed E-state index contributed by atoms with van der Waals surface area (Å²) in [6, 6.07) is 3.86. The molecule has 4 rings (SSSR count). The van der Waals surface area contributed by atoms with Crippen molar-refractivity contribution in [2.24, 2.45) is 4.99 Å². The molecular weight excluding hydrogens is 374 g/mol. The van der Waals surface area contributed by atoms with Crippen LogP contribution in [0.2, 0.25) is 0 Å². The van der Waals surface area contributed by atoms with E-state index in [1.165, 1.54) is 0 Å². The molecule has 8 nitrogen and oxygen atoms in total. The number of carbonyl (C=O) groups is 1.